The third-order valence-corrected chi connectivity index (χ3v) is 5.32. The Morgan fingerprint density at radius 3 is 2.47 bits per heavy atom. The van der Waals surface area contributed by atoms with Gasteiger partial charge in [-0.05, 0) is 23.8 Å². The molecule has 2 aliphatic rings. The van der Waals surface area contributed by atoms with Gasteiger partial charge in [0, 0.05) is 29.4 Å². The number of rotatable bonds is 2. The molecular formula is C11H14IN3. The Balaban J connectivity index is 1.72. The van der Waals surface area contributed by atoms with Crippen LogP contribution < -0.4 is 4.90 Å². The van der Waals surface area contributed by atoms with E-state index in [1.807, 2.05) is 12.4 Å². The second kappa shape index (κ2) is 3.57. The van der Waals surface area contributed by atoms with Gasteiger partial charge in [-0.3, -0.25) is 0 Å². The van der Waals surface area contributed by atoms with Gasteiger partial charge in [-0.15, -0.1) is 0 Å². The van der Waals surface area contributed by atoms with Crippen molar-refractivity contribution in [2.45, 2.75) is 17.3 Å². The van der Waals surface area contributed by atoms with Crippen LogP contribution in [0.25, 0.3) is 0 Å². The van der Waals surface area contributed by atoms with E-state index >= 15 is 0 Å². The second-order valence-electron chi connectivity index (χ2n) is 4.42. The third-order valence-electron chi connectivity index (χ3n) is 3.47. The predicted octanol–water partition coefficient (Wildman–Crippen LogP) is 1.91. The average Bonchev–Trinajstić information content (AvgIpc) is 2.74. The minimum Gasteiger partial charge on any atom is -0.340 e. The van der Waals surface area contributed by atoms with E-state index in [9.17, 15) is 0 Å². The lowest BCUT2D eigenvalue weighted by Gasteiger charge is -2.18. The molecule has 3 atom stereocenters. The molecule has 0 N–H and O–H groups in total. The molecule has 80 valence electrons. The Kier molecular flexibility index (Phi) is 2.34. The van der Waals surface area contributed by atoms with Gasteiger partial charge in [-0.25, -0.2) is 9.97 Å². The Morgan fingerprint density at radius 1 is 1.33 bits per heavy atom. The number of nitrogens with zero attached hydrogens (tertiary/aromatic N) is 3. The first-order valence-corrected chi connectivity index (χ1v) is 6.74. The van der Waals surface area contributed by atoms with Crippen LogP contribution in [-0.4, -0.2) is 27.0 Å². The Bertz CT molecular complexity index is 353. The molecule has 15 heavy (non-hydrogen) atoms. The molecule has 0 amide bonds. The number of fused-ring (bicyclic) bond motifs is 1. The monoisotopic (exact) mass is 315 g/mol. The van der Waals surface area contributed by atoms with Crippen molar-refractivity contribution in [3.63, 3.8) is 0 Å². The van der Waals surface area contributed by atoms with Gasteiger partial charge in [0.25, 0.3) is 0 Å². The van der Waals surface area contributed by atoms with Gasteiger partial charge >= 0.3 is 0 Å². The first-order chi connectivity index (χ1) is 7.29. The number of halogens is 1. The fourth-order valence-corrected chi connectivity index (χ4v) is 3.59. The average molecular weight is 315 g/mol. The van der Waals surface area contributed by atoms with E-state index < -0.39 is 0 Å². The Hall–Kier alpha value is -0.390. The van der Waals surface area contributed by atoms with Crippen molar-refractivity contribution >= 4 is 28.5 Å². The molecule has 0 spiro atoms. The molecule has 1 unspecified atom stereocenters. The summed E-state index contributed by atoms with van der Waals surface area (Å²) in [4.78, 5) is 11.2. The Morgan fingerprint density at radius 2 is 1.93 bits per heavy atom. The standard InChI is InChI=1S/C11H14IN3/c1-2-7-3-13-11(14-4-7)15-5-8-9(6-15)10(8)12/h3-4,8-10H,2,5-6H2,1H3/t8-,9+,10?. The topological polar surface area (TPSA) is 29.0 Å². The summed E-state index contributed by atoms with van der Waals surface area (Å²) in [7, 11) is 0. The molecule has 1 saturated carbocycles. The summed E-state index contributed by atoms with van der Waals surface area (Å²) in [6.45, 7) is 4.44. The quantitative estimate of drug-likeness (QED) is 0.617. The summed E-state index contributed by atoms with van der Waals surface area (Å²) in [6.07, 6.45) is 4.92. The Labute approximate surface area is 103 Å². The van der Waals surface area contributed by atoms with Crippen LogP contribution >= 0.6 is 22.6 Å². The van der Waals surface area contributed by atoms with E-state index in [1.54, 1.807) is 0 Å². The molecular weight excluding hydrogens is 301 g/mol. The van der Waals surface area contributed by atoms with Gasteiger partial charge in [0.05, 0.1) is 0 Å². The highest BCUT2D eigenvalue weighted by Crippen LogP contribution is 2.51. The van der Waals surface area contributed by atoms with Gasteiger partial charge < -0.3 is 4.90 Å². The first-order valence-electron chi connectivity index (χ1n) is 5.49. The molecule has 0 aromatic carbocycles. The molecule has 1 aliphatic carbocycles. The summed E-state index contributed by atoms with van der Waals surface area (Å²) < 4.78 is 0.911. The van der Waals surface area contributed by atoms with Gasteiger partial charge in [0.2, 0.25) is 5.95 Å². The van der Waals surface area contributed by atoms with Crippen LogP contribution in [0.5, 0.6) is 0 Å². The molecule has 4 heteroatoms. The third kappa shape index (κ3) is 1.62. The molecule has 1 saturated heterocycles. The number of alkyl halides is 1. The maximum absolute atomic E-state index is 4.42. The number of aryl methyl sites for hydroxylation is 1. The molecule has 3 nitrogen and oxygen atoms in total. The molecule has 0 bridgehead atoms. The molecule has 2 heterocycles. The smallest absolute Gasteiger partial charge is 0.225 e. The van der Waals surface area contributed by atoms with Crippen molar-refractivity contribution in [1.82, 2.24) is 9.97 Å². The van der Waals surface area contributed by atoms with Crippen LogP contribution in [0.1, 0.15) is 12.5 Å². The molecule has 0 radical (unpaired) electrons. The van der Waals surface area contributed by atoms with Gasteiger partial charge in [0.15, 0.2) is 0 Å². The van der Waals surface area contributed by atoms with Crippen molar-refractivity contribution < 1.29 is 0 Å². The summed E-state index contributed by atoms with van der Waals surface area (Å²) in [6, 6.07) is 0. The lowest BCUT2D eigenvalue weighted by atomic mass is 10.3. The highest BCUT2D eigenvalue weighted by Gasteiger charge is 2.54. The van der Waals surface area contributed by atoms with E-state index in [0.717, 1.165) is 41.2 Å². The van der Waals surface area contributed by atoms with Crippen LogP contribution in [0.15, 0.2) is 12.4 Å². The lowest BCUT2D eigenvalue weighted by molar-refractivity contribution is 0.797. The van der Waals surface area contributed by atoms with Crippen molar-refractivity contribution in [3.05, 3.63) is 18.0 Å². The molecule has 1 aliphatic heterocycles. The molecule has 3 rings (SSSR count). The number of piperidine rings is 1. The van der Waals surface area contributed by atoms with Crippen LogP contribution in [0, 0.1) is 11.8 Å². The molecule has 1 aromatic rings. The normalized spacial score (nSPS) is 32.9. The van der Waals surface area contributed by atoms with Crippen LogP contribution in [0.2, 0.25) is 0 Å². The largest absolute Gasteiger partial charge is 0.340 e. The maximum Gasteiger partial charge on any atom is 0.225 e. The number of aromatic nitrogens is 2. The highest BCUT2D eigenvalue weighted by molar-refractivity contribution is 14.1. The summed E-state index contributed by atoms with van der Waals surface area (Å²) in [5.41, 5.74) is 1.22. The summed E-state index contributed by atoms with van der Waals surface area (Å²) in [5, 5.41) is 0. The minimum absolute atomic E-state index is 0.903. The van der Waals surface area contributed by atoms with Gasteiger partial charge in [-0.1, -0.05) is 29.5 Å². The van der Waals surface area contributed by atoms with Crippen LogP contribution in [-0.2, 0) is 6.42 Å². The maximum atomic E-state index is 4.42. The van der Waals surface area contributed by atoms with E-state index in [1.165, 1.54) is 5.56 Å². The highest BCUT2D eigenvalue weighted by atomic mass is 127. The fraction of sp³-hybridized carbons (Fsp3) is 0.636. The van der Waals surface area contributed by atoms with Crippen molar-refractivity contribution in [3.8, 4) is 0 Å². The lowest BCUT2D eigenvalue weighted by Crippen LogP contribution is -2.25. The van der Waals surface area contributed by atoms with Crippen LogP contribution in [0.4, 0.5) is 5.95 Å². The fourth-order valence-electron chi connectivity index (χ4n) is 2.31. The van der Waals surface area contributed by atoms with E-state index in [-0.39, 0.29) is 0 Å². The van der Waals surface area contributed by atoms with E-state index in [0.29, 0.717) is 0 Å². The predicted molar refractivity (Wildman–Crippen MR) is 68.4 cm³/mol. The number of anilines is 1. The first kappa shape index (κ1) is 9.81. The van der Waals surface area contributed by atoms with Crippen molar-refractivity contribution in [1.29, 1.82) is 0 Å². The van der Waals surface area contributed by atoms with Crippen LogP contribution in [0.3, 0.4) is 0 Å². The zero-order valence-corrected chi connectivity index (χ0v) is 10.9. The second-order valence-corrected chi connectivity index (χ2v) is 5.86. The number of hydrogen-bond acceptors (Lipinski definition) is 3. The zero-order valence-electron chi connectivity index (χ0n) is 8.73. The molecule has 2 fully saturated rings. The zero-order chi connectivity index (χ0) is 10.4. The van der Waals surface area contributed by atoms with E-state index in [2.05, 4.69) is 44.4 Å². The van der Waals surface area contributed by atoms with Crippen molar-refractivity contribution in [2.75, 3.05) is 18.0 Å². The summed E-state index contributed by atoms with van der Waals surface area (Å²) in [5.74, 6) is 2.73. The van der Waals surface area contributed by atoms with Gasteiger partial charge in [-0.2, -0.15) is 0 Å². The van der Waals surface area contributed by atoms with E-state index in [4.69, 9.17) is 0 Å². The summed E-state index contributed by atoms with van der Waals surface area (Å²) >= 11 is 2.57. The minimum atomic E-state index is 0.903. The number of hydrogen-bond donors (Lipinski definition) is 0. The SMILES string of the molecule is CCc1cnc(N2C[C@@H]3C(I)[C@@H]3C2)nc1. The van der Waals surface area contributed by atoms with Gasteiger partial charge in [0.1, 0.15) is 0 Å². The molecule has 1 aromatic heterocycles. The van der Waals surface area contributed by atoms with Crippen molar-refractivity contribution in [2.24, 2.45) is 11.8 Å².